The average Bonchev–Trinajstić information content (AvgIpc) is 2.51. The third kappa shape index (κ3) is 4.58. The smallest absolute Gasteiger partial charge is 0.336 e. The fourth-order valence-electron chi connectivity index (χ4n) is 2.69. The van der Waals surface area contributed by atoms with Crippen LogP contribution in [0.15, 0.2) is 35.5 Å². The van der Waals surface area contributed by atoms with Crippen molar-refractivity contribution in [3.63, 3.8) is 0 Å². The summed E-state index contributed by atoms with van der Waals surface area (Å²) in [7, 11) is 0. The van der Waals surface area contributed by atoms with Crippen molar-refractivity contribution in [3.05, 3.63) is 46.1 Å². The number of ether oxygens (including phenoxy) is 2. The van der Waals surface area contributed by atoms with Gasteiger partial charge in [-0.25, -0.2) is 4.79 Å². The summed E-state index contributed by atoms with van der Waals surface area (Å²) < 4.78 is 10.7. The molecule has 24 heavy (non-hydrogen) atoms. The lowest BCUT2D eigenvalue weighted by Gasteiger charge is -2.27. The molecule has 1 aliphatic rings. The molecule has 0 saturated heterocycles. The van der Waals surface area contributed by atoms with E-state index in [1.54, 1.807) is 13.0 Å². The number of carbonyl (C=O) groups excluding carboxylic acids is 2. The van der Waals surface area contributed by atoms with Gasteiger partial charge < -0.3 is 14.8 Å². The van der Waals surface area contributed by atoms with Gasteiger partial charge in [-0.15, -0.1) is 0 Å². The number of carbonyl (C=O) groups is 2. The topological polar surface area (TPSA) is 64.6 Å². The predicted molar refractivity (Wildman–Crippen MR) is 91.7 cm³/mol. The van der Waals surface area contributed by atoms with E-state index in [2.05, 4.69) is 5.32 Å². The highest BCUT2D eigenvalue weighted by Gasteiger charge is 2.33. The Morgan fingerprint density at radius 2 is 2.04 bits per heavy atom. The second-order valence-corrected chi connectivity index (χ2v) is 6.33. The second-order valence-electron chi connectivity index (χ2n) is 5.92. The zero-order valence-electron chi connectivity index (χ0n) is 14.1. The highest BCUT2D eigenvalue weighted by molar-refractivity contribution is 6.31. The summed E-state index contributed by atoms with van der Waals surface area (Å²) >= 11 is 6.26. The summed E-state index contributed by atoms with van der Waals surface area (Å²) in [5, 5.41) is 3.23. The van der Waals surface area contributed by atoms with Crippen molar-refractivity contribution in [2.45, 2.75) is 39.2 Å². The summed E-state index contributed by atoms with van der Waals surface area (Å²) in [4.78, 5) is 24.4. The molecule has 0 spiro atoms. The molecule has 0 aromatic heterocycles. The van der Waals surface area contributed by atoms with Crippen LogP contribution in [0.25, 0.3) is 0 Å². The Kier molecular flexibility index (Phi) is 6.40. The molecule has 1 heterocycles. The number of hydrogen-bond acceptors (Lipinski definition) is 4. The van der Waals surface area contributed by atoms with Crippen LogP contribution in [0.4, 0.5) is 0 Å². The molecule has 1 aromatic rings. The molecule has 1 amide bonds. The van der Waals surface area contributed by atoms with Crippen molar-refractivity contribution >= 4 is 23.5 Å². The van der Waals surface area contributed by atoms with E-state index in [0.717, 1.165) is 5.56 Å². The molecule has 2 rings (SSSR count). The first kappa shape index (κ1) is 18.5. The van der Waals surface area contributed by atoms with Gasteiger partial charge >= 0.3 is 5.97 Å². The number of rotatable bonds is 6. The van der Waals surface area contributed by atoms with Crippen molar-refractivity contribution in [3.8, 4) is 0 Å². The highest BCUT2D eigenvalue weighted by Crippen LogP contribution is 2.36. The van der Waals surface area contributed by atoms with Gasteiger partial charge in [-0.1, -0.05) is 29.8 Å². The van der Waals surface area contributed by atoms with Gasteiger partial charge in [-0.3, -0.25) is 4.79 Å². The standard InChI is InChI=1S/C18H22ClNO4/c1-11(2)23-8-9-24-18(22)17-12(3)20-16(21)10-14(17)13-6-4-5-7-15(13)19/h4-7,11,14H,8-10H2,1-3H3,(H,20,21)/t14-/m1/s1. The van der Waals surface area contributed by atoms with Crippen LogP contribution in [0.2, 0.25) is 5.02 Å². The van der Waals surface area contributed by atoms with E-state index in [1.165, 1.54) is 0 Å². The SMILES string of the molecule is CC1=C(C(=O)OCCOC(C)C)[C@@H](c2ccccc2Cl)CC(=O)N1. The number of amides is 1. The van der Waals surface area contributed by atoms with Crippen LogP contribution < -0.4 is 5.32 Å². The summed E-state index contributed by atoms with van der Waals surface area (Å²) in [6.45, 7) is 6.02. The Hall–Kier alpha value is -1.85. The molecule has 1 atom stereocenters. The molecule has 1 aliphatic heterocycles. The van der Waals surface area contributed by atoms with E-state index in [9.17, 15) is 9.59 Å². The van der Waals surface area contributed by atoms with Crippen molar-refractivity contribution in [1.82, 2.24) is 5.32 Å². The van der Waals surface area contributed by atoms with Crippen molar-refractivity contribution < 1.29 is 19.1 Å². The molecular weight excluding hydrogens is 330 g/mol. The minimum Gasteiger partial charge on any atom is -0.460 e. The van der Waals surface area contributed by atoms with Gasteiger partial charge in [0.25, 0.3) is 0 Å². The summed E-state index contributed by atoms with van der Waals surface area (Å²) in [5.74, 6) is -1.01. The molecule has 5 nitrogen and oxygen atoms in total. The largest absolute Gasteiger partial charge is 0.460 e. The first-order valence-corrected chi connectivity index (χ1v) is 8.31. The van der Waals surface area contributed by atoms with E-state index in [1.807, 2.05) is 32.0 Å². The van der Waals surface area contributed by atoms with Crippen LogP contribution in [-0.2, 0) is 19.1 Å². The number of benzene rings is 1. The van der Waals surface area contributed by atoms with Crippen LogP contribution >= 0.6 is 11.6 Å². The molecule has 0 radical (unpaired) electrons. The molecule has 0 saturated carbocycles. The maximum absolute atomic E-state index is 12.5. The maximum Gasteiger partial charge on any atom is 0.336 e. The summed E-state index contributed by atoms with van der Waals surface area (Å²) in [6.07, 6.45) is 0.239. The zero-order chi connectivity index (χ0) is 17.7. The van der Waals surface area contributed by atoms with Gasteiger partial charge in [-0.05, 0) is 32.4 Å². The fraction of sp³-hybridized carbons (Fsp3) is 0.444. The Labute approximate surface area is 147 Å². The Balaban J connectivity index is 2.19. The average molecular weight is 352 g/mol. The van der Waals surface area contributed by atoms with Gasteiger partial charge in [0.2, 0.25) is 5.91 Å². The van der Waals surface area contributed by atoms with Gasteiger partial charge in [0.15, 0.2) is 0 Å². The predicted octanol–water partition coefficient (Wildman–Crippen LogP) is 3.19. The lowest BCUT2D eigenvalue weighted by molar-refractivity contribution is -0.141. The lowest BCUT2D eigenvalue weighted by atomic mass is 9.84. The normalized spacial score (nSPS) is 17.9. The molecular formula is C18H22ClNO4. The van der Waals surface area contributed by atoms with E-state index < -0.39 is 11.9 Å². The van der Waals surface area contributed by atoms with Crippen molar-refractivity contribution in [2.24, 2.45) is 0 Å². The van der Waals surface area contributed by atoms with E-state index in [-0.39, 0.29) is 25.0 Å². The van der Waals surface area contributed by atoms with E-state index in [0.29, 0.717) is 22.9 Å². The molecule has 0 unspecified atom stereocenters. The monoisotopic (exact) mass is 351 g/mol. The summed E-state index contributed by atoms with van der Waals surface area (Å²) in [5.41, 5.74) is 1.69. The molecule has 1 N–H and O–H groups in total. The fourth-order valence-corrected chi connectivity index (χ4v) is 2.96. The van der Waals surface area contributed by atoms with Crippen molar-refractivity contribution in [2.75, 3.05) is 13.2 Å². The highest BCUT2D eigenvalue weighted by atomic mass is 35.5. The molecule has 1 aromatic carbocycles. The molecule has 0 aliphatic carbocycles. The Bertz CT molecular complexity index is 654. The number of allylic oxidation sites excluding steroid dienone is 1. The van der Waals surface area contributed by atoms with Gasteiger partial charge in [0.1, 0.15) is 6.61 Å². The number of nitrogens with one attached hydrogen (secondary N) is 1. The summed E-state index contributed by atoms with van der Waals surface area (Å²) in [6, 6.07) is 7.22. The molecule has 0 fully saturated rings. The van der Waals surface area contributed by atoms with Gasteiger partial charge in [0, 0.05) is 23.1 Å². The lowest BCUT2D eigenvalue weighted by Crippen LogP contribution is -2.34. The maximum atomic E-state index is 12.5. The minimum absolute atomic E-state index is 0.0782. The first-order chi connectivity index (χ1) is 11.4. The molecule has 6 heteroatoms. The molecule has 130 valence electrons. The van der Waals surface area contributed by atoms with Gasteiger partial charge in [0.05, 0.1) is 18.3 Å². The van der Waals surface area contributed by atoms with Crippen LogP contribution in [0.1, 0.15) is 38.7 Å². The van der Waals surface area contributed by atoms with Crippen LogP contribution in [-0.4, -0.2) is 31.2 Å². The molecule has 0 bridgehead atoms. The van der Waals surface area contributed by atoms with Crippen LogP contribution in [0.5, 0.6) is 0 Å². The second kappa shape index (κ2) is 8.31. The van der Waals surface area contributed by atoms with Crippen molar-refractivity contribution in [1.29, 1.82) is 0 Å². The number of hydrogen-bond donors (Lipinski definition) is 1. The van der Waals surface area contributed by atoms with Crippen LogP contribution in [0.3, 0.4) is 0 Å². The minimum atomic E-state index is -0.454. The Morgan fingerprint density at radius 3 is 2.71 bits per heavy atom. The van der Waals surface area contributed by atoms with E-state index in [4.69, 9.17) is 21.1 Å². The third-order valence-electron chi connectivity index (χ3n) is 3.74. The Morgan fingerprint density at radius 1 is 1.33 bits per heavy atom. The van der Waals surface area contributed by atoms with Gasteiger partial charge in [-0.2, -0.15) is 0 Å². The van der Waals surface area contributed by atoms with E-state index >= 15 is 0 Å². The first-order valence-electron chi connectivity index (χ1n) is 7.94. The number of esters is 1. The number of halogens is 1. The zero-order valence-corrected chi connectivity index (χ0v) is 14.9. The van der Waals surface area contributed by atoms with Crippen LogP contribution in [0, 0.1) is 0 Å². The third-order valence-corrected chi connectivity index (χ3v) is 4.08. The quantitative estimate of drug-likeness (QED) is 0.631.